The number of aliphatic hydroxyl groups is 6. The first-order valence-corrected chi connectivity index (χ1v) is 27.2. The van der Waals surface area contributed by atoms with Crippen LogP contribution in [0.4, 0.5) is 4.39 Å². The van der Waals surface area contributed by atoms with Crippen molar-refractivity contribution < 1.29 is 73.0 Å². The van der Waals surface area contributed by atoms with E-state index in [4.69, 9.17) is 33.2 Å². The van der Waals surface area contributed by atoms with Gasteiger partial charge in [-0.3, -0.25) is 9.78 Å². The molecule has 2 aromatic heterocycles. The molecule has 0 radical (unpaired) electrons. The number of esters is 1. The summed E-state index contributed by atoms with van der Waals surface area (Å²) < 4.78 is 60.2. The summed E-state index contributed by atoms with van der Waals surface area (Å²) in [5.74, 6) is -2.01. The van der Waals surface area contributed by atoms with Crippen molar-refractivity contribution in [2.45, 2.75) is 210 Å². The monoisotopic (exact) mass is 1090 g/mol. The third-order valence-electron chi connectivity index (χ3n) is 16.7. The van der Waals surface area contributed by atoms with Crippen LogP contribution in [0.3, 0.4) is 0 Å². The van der Waals surface area contributed by atoms with Crippen molar-refractivity contribution in [3.05, 3.63) is 65.7 Å². The Morgan fingerprint density at radius 2 is 1.61 bits per heavy atom. The Labute approximate surface area is 454 Å². The number of nitrogens with zero attached hydrogens (tertiary/aromatic N) is 6. The quantitative estimate of drug-likeness (QED) is 0.103. The molecule has 0 amide bonds. The number of methoxy groups -OCH3 is 2. The zero-order valence-corrected chi connectivity index (χ0v) is 47.4. The van der Waals surface area contributed by atoms with Crippen LogP contribution in [0.15, 0.2) is 48.8 Å². The van der Waals surface area contributed by atoms with Crippen LogP contribution in [0.1, 0.15) is 124 Å². The molecule has 3 saturated heterocycles. The number of hydrogen-bond acceptors (Lipinski definition) is 19. The number of likely N-dealkylation sites (N-methyl/N-ethyl adjacent to an activating group) is 2. The molecule has 5 heterocycles. The second-order valence-corrected chi connectivity index (χ2v) is 22.8. The average molecular weight is 1090 g/mol. The molecule has 434 valence electrons. The van der Waals surface area contributed by atoms with Gasteiger partial charge in [0.1, 0.15) is 48.8 Å². The zero-order chi connectivity index (χ0) is 56.7. The summed E-state index contributed by atoms with van der Waals surface area (Å²) in [6.45, 7) is 15.4. The lowest BCUT2D eigenvalue weighted by Gasteiger charge is -2.47. The third-order valence-corrected chi connectivity index (χ3v) is 16.7. The van der Waals surface area contributed by atoms with E-state index in [0.29, 0.717) is 37.3 Å². The molecule has 19 atom stereocenters. The molecule has 3 fully saturated rings. The lowest BCUT2D eigenvalue weighted by Crippen LogP contribution is -2.59. The fourth-order valence-electron chi connectivity index (χ4n) is 11.5. The van der Waals surface area contributed by atoms with Gasteiger partial charge in [0.2, 0.25) is 0 Å². The summed E-state index contributed by atoms with van der Waals surface area (Å²) in [6, 6.07) is 9.31. The lowest BCUT2D eigenvalue weighted by atomic mass is 9.83. The van der Waals surface area contributed by atoms with E-state index in [2.05, 4.69) is 15.3 Å². The van der Waals surface area contributed by atoms with Crippen LogP contribution < -0.4 is 0 Å². The van der Waals surface area contributed by atoms with Gasteiger partial charge in [0.15, 0.2) is 12.6 Å². The van der Waals surface area contributed by atoms with Crippen LogP contribution in [0.25, 0.3) is 11.1 Å². The molecule has 77 heavy (non-hydrogen) atoms. The molecule has 0 unspecified atom stereocenters. The minimum Gasteiger partial charge on any atom is -0.459 e. The Morgan fingerprint density at radius 3 is 2.22 bits per heavy atom. The molecular formula is C56H89FN6O14. The van der Waals surface area contributed by atoms with Crippen molar-refractivity contribution in [2.75, 3.05) is 48.1 Å². The maximum Gasteiger partial charge on any atom is 0.311 e. The molecule has 1 aromatic carbocycles. The SMILES string of the molecule is CC[C@H]1OC(=O)[C@H](C)[C@@H](O[C@H]2C[C@@](C)(OC)[C@@H](O)[C@H](C)O2)C[C@@H](O[C@@H]2O[C@H](C)C[C@H](N(C)CCc3cn([C@H](CF)[C@H](OC)c4ccc(-c5ccc(CO)nc5)cc4)nn3)[C@H]2O)[C@](C)(O)C[C@@H](C)CN(C)[C@H](C)[C@@H](O)[C@]1(C)O. The lowest BCUT2D eigenvalue weighted by molar-refractivity contribution is -0.308. The summed E-state index contributed by atoms with van der Waals surface area (Å²) in [7, 11) is 6.71. The Kier molecular flexibility index (Phi) is 21.7. The van der Waals surface area contributed by atoms with Gasteiger partial charge in [0, 0.05) is 76.6 Å². The number of carbonyl (C=O) groups is 1. The Hall–Kier alpha value is -3.65. The van der Waals surface area contributed by atoms with Gasteiger partial charge < -0.3 is 73.6 Å². The van der Waals surface area contributed by atoms with E-state index >= 15 is 0 Å². The first-order chi connectivity index (χ1) is 36.3. The van der Waals surface area contributed by atoms with Crippen LogP contribution in [-0.4, -0.2) is 205 Å². The number of halogens is 1. The first kappa shape index (κ1) is 62.5. The van der Waals surface area contributed by atoms with E-state index in [-0.39, 0.29) is 38.2 Å². The number of carbonyl (C=O) groups excluding carboxylic acids is 1. The number of alkyl halides is 1. The van der Waals surface area contributed by atoms with Gasteiger partial charge in [0.25, 0.3) is 0 Å². The third kappa shape index (κ3) is 14.8. The molecule has 20 nitrogen and oxygen atoms in total. The van der Waals surface area contributed by atoms with Crippen molar-refractivity contribution in [3.63, 3.8) is 0 Å². The van der Waals surface area contributed by atoms with Crippen LogP contribution in [-0.2, 0) is 51.0 Å². The fourth-order valence-corrected chi connectivity index (χ4v) is 11.5. The number of rotatable bonds is 17. The largest absolute Gasteiger partial charge is 0.459 e. The zero-order valence-electron chi connectivity index (χ0n) is 47.4. The number of cyclic esters (lactones) is 1. The van der Waals surface area contributed by atoms with Crippen molar-refractivity contribution in [2.24, 2.45) is 11.8 Å². The number of hydrogen-bond donors (Lipinski definition) is 6. The molecule has 3 aliphatic rings. The summed E-state index contributed by atoms with van der Waals surface area (Å²) in [5.41, 5.74) is -0.886. The van der Waals surface area contributed by atoms with E-state index in [1.807, 2.05) is 68.1 Å². The van der Waals surface area contributed by atoms with Gasteiger partial charge in [-0.15, -0.1) is 5.10 Å². The highest BCUT2D eigenvalue weighted by Crippen LogP contribution is 2.39. The van der Waals surface area contributed by atoms with Gasteiger partial charge in [-0.1, -0.05) is 49.4 Å². The summed E-state index contributed by atoms with van der Waals surface area (Å²) >= 11 is 0. The van der Waals surface area contributed by atoms with Crippen LogP contribution in [0, 0.1) is 11.8 Å². The number of benzene rings is 1. The highest BCUT2D eigenvalue weighted by molar-refractivity contribution is 5.73. The van der Waals surface area contributed by atoms with Crippen molar-refractivity contribution >= 4 is 5.97 Å². The van der Waals surface area contributed by atoms with Gasteiger partial charge in [-0.25, -0.2) is 9.07 Å². The molecule has 0 bridgehead atoms. The minimum absolute atomic E-state index is 0.0857. The minimum atomic E-state index is -1.85. The maximum absolute atomic E-state index is 14.9. The Bertz CT molecular complexity index is 2300. The number of ether oxygens (including phenoxy) is 7. The molecule has 0 saturated carbocycles. The molecule has 6 rings (SSSR count). The second-order valence-electron chi connectivity index (χ2n) is 22.8. The van der Waals surface area contributed by atoms with Gasteiger partial charge in [-0.05, 0) is 105 Å². The van der Waals surface area contributed by atoms with Crippen molar-refractivity contribution in [3.8, 4) is 11.1 Å². The standard InChI is InChI=1S/C56H89FN6O14/c1-14-45-56(9,70)50(66)35(5)62(11)29-32(2)25-54(7,69)46(24-44(34(4)52(68)76-45)75-47-26-55(8,72-13)51(67)36(6)74-47)77-53-48(65)42(23-33(3)73-53)61(10)22-21-40-30-63(60-59-40)43(27-57)49(71-12)38-17-15-37(16-18-38)39-19-20-41(31-64)58-28-39/h15-20,28,30,32-36,42-51,53,64-67,69-70H,14,21-27,29,31H2,1-13H3/t32-,33-,34-,35-,36+,42+,43-,44+,45-,46-,47+,48-,49-,50-,51+,53+,54-,55-,56-/m1/s1. The normalized spacial score (nSPS) is 37.2. The molecule has 0 spiro atoms. The summed E-state index contributed by atoms with van der Waals surface area (Å²) in [5, 5.41) is 77.6. The number of aliphatic hydroxyl groups excluding tert-OH is 4. The van der Waals surface area contributed by atoms with Crippen LogP contribution in [0.5, 0.6) is 0 Å². The van der Waals surface area contributed by atoms with E-state index in [1.54, 1.807) is 60.0 Å². The predicted molar refractivity (Wildman–Crippen MR) is 283 cm³/mol. The molecule has 0 aliphatic carbocycles. The molecule has 21 heteroatoms. The van der Waals surface area contributed by atoms with E-state index in [0.717, 1.165) is 16.7 Å². The first-order valence-electron chi connectivity index (χ1n) is 27.2. The molecule has 3 aliphatic heterocycles. The van der Waals surface area contributed by atoms with Crippen molar-refractivity contribution in [1.82, 2.24) is 29.8 Å². The summed E-state index contributed by atoms with van der Waals surface area (Å²) in [6.07, 6.45) is -6.41. The Balaban J connectivity index is 1.22. The van der Waals surface area contributed by atoms with E-state index in [9.17, 15) is 39.8 Å². The molecule has 6 N–H and O–H groups in total. The predicted octanol–water partition coefficient (Wildman–Crippen LogP) is 4.31. The van der Waals surface area contributed by atoms with Gasteiger partial charge in [0.05, 0.1) is 59.5 Å². The fraction of sp³-hybridized carbons (Fsp3) is 0.750. The topological polar surface area (TPSA) is 253 Å². The molecule has 3 aromatic rings. The smallest absolute Gasteiger partial charge is 0.311 e. The average Bonchev–Trinajstić information content (AvgIpc) is 3.88. The summed E-state index contributed by atoms with van der Waals surface area (Å²) in [4.78, 5) is 22.6. The Morgan fingerprint density at radius 1 is 0.922 bits per heavy atom. The van der Waals surface area contributed by atoms with E-state index < -0.39 is 121 Å². The number of aromatic nitrogens is 4. The van der Waals surface area contributed by atoms with Gasteiger partial charge in [-0.2, -0.15) is 0 Å². The highest BCUT2D eigenvalue weighted by atomic mass is 19.1. The second kappa shape index (κ2) is 26.7. The number of pyridine rings is 1. The highest BCUT2D eigenvalue weighted by Gasteiger charge is 2.51. The van der Waals surface area contributed by atoms with Crippen LogP contribution in [0.2, 0.25) is 0 Å². The van der Waals surface area contributed by atoms with Crippen LogP contribution >= 0.6 is 0 Å². The maximum atomic E-state index is 14.9. The van der Waals surface area contributed by atoms with Crippen molar-refractivity contribution in [1.29, 1.82) is 0 Å². The van der Waals surface area contributed by atoms with E-state index in [1.165, 1.54) is 25.8 Å². The molecular weight excluding hydrogens is 1000 g/mol. The van der Waals surface area contributed by atoms with Gasteiger partial charge >= 0.3 is 5.97 Å².